The number of carbonyl (C=O) groups is 3. The molecule has 0 spiro atoms. The minimum atomic E-state index is -0.704. The molecule has 0 aliphatic rings. The van der Waals surface area contributed by atoms with Crippen LogP contribution in [0.4, 0.5) is 5.00 Å². The van der Waals surface area contributed by atoms with Gasteiger partial charge < -0.3 is 15.8 Å². The molecule has 2 aromatic carbocycles. The second-order valence-electron chi connectivity index (χ2n) is 5.85. The summed E-state index contributed by atoms with van der Waals surface area (Å²) in [5.41, 5.74) is 7.20. The maximum atomic E-state index is 12.6. The van der Waals surface area contributed by atoms with Gasteiger partial charge in [-0.2, -0.15) is 5.26 Å². The Labute approximate surface area is 170 Å². The van der Waals surface area contributed by atoms with Crippen molar-refractivity contribution in [1.29, 1.82) is 5.26 Å². The summed E-state index contributed by atoms with van der Waals surface area (Å²) in [7, 11) is 0. The fourth-order valence-electron chi connectivity index (χ4n) is 2.68. The van der Waals surface area contributed by atoms with Gasteiger partial charge in [0.2, 0.25) is 0 Å². The summed E-state index contributed by atoms with van der Waals surface area (Å²) in [6.07, 6.45) is 0. The molecule has 7 nitrogen and oxygen atoms in total. The maximum absolute atomic E-state index is 12.6. The minimum absolute atomic E-state index is 0.188. The van der Waals surface area contributed by atoms with Crippen molar-refractivity contribution in [1.82, 2.24) is 0 Å². The molecule has 29 heavy (non-hydrogen) atoms. The van der Waals surface area contributed by atoms with Crippen molar-refractivity contribution >= 4 is 34.1 Å². The standard InChI is InChI=1S/C21H15N3O4S/c22-11-13-5-1-2-6-14(13)15-7-3-4-8-16(15)21(27)28-12-18(25)24-20-17(19(23)26)9-10-29-20/h1-10H,12H2,(H2,23,26)(H,24,25). The number of hydrogen-bond donors (Lipinski definition) is 2. The highest BCUT2D eigenvalue weighted by Gasteiger charge is 2.18. The lowest BCUT2D eigenvalue weighted by atomic mass is 9.96. The van der Waals surface area contributed by atoms with Crippen molar-refractivity contribution in [2.24, 2.45) is 5.73 Å². The molecule has 0 saturated carbocycles. The Hall–Kier alpha value is -3.96. The topological polar surface area (TPSA) is 122 Å². The van der Waals surface area contributed by atoms with Crippen LogP contribution in [0.25, 0.3) is 11.1 Å². The zero-order valence-electron chi connectivity index (χ0n) is 15.0. The van der Waals surface area contributed by atoms with E-state index in [-0.39, 0.29) is 11.1 Å². The van der Waals surface area contributed by atoms with Crippen LogP contribution < -0.4 is 11.1 Å². The van der Waals surface area contributed by atoms with E-state index in [1.54, 1.807) is 53.9 Å². The van der Waals surface area contributed by atoms with Gasteiger partial charge >= 0.3 is 5.97 Å². The van der Waals surface area contributed by atoms with Crippen molar-refractivity contribution in [3.8, 4) is 17.2 Å². The summed E-state index contributed by atoms with van der Waals surface area (Å²) in [4.78, 5) is 36.0. The Morgan fingerprint density at radius 1 is 1.00 bits per heavy atom. The Morgan fingerprint density at radius 2 is 1.69 bits per heavy atom. The highest BCUT2D eigenvalue weighted by atomic mass is 32.1. The molecule has 3 N–H and O–H groups in total. The minimum Gasteiger partial charge on any atom is -0.452 e. The number of ether oxygens (including phenoxy) is 1. The second-order valence-corrected chi connectivity index (χ2v) is 6.77. The molecule has 8 heteroatoms. The lowest BCUT2D eigenvalue weighted by molar-refractivity contribution is -0.119. The van der Waals surface area contributed by atoms with Gasteiger partial charge in [-0.25, -0.2) is 4.79 Å². The second kappa shape index (κ2) is 8.82. The quantitative estimate of drug-likeness (QED) is 0.610. The number of nitrogens with two attached hydrogens (primary N) is 1. The molecule has 2 amide bonds. The molecule has 0 saturated heterocycles. The van der Waals surface area contributed by atoms with Crippen LogP contribution in [-0.4, -0.2) is 24.4 Å². The predicted octanol–water partition coefficient (Wildman–Crippen LogP) is 3.18. The zero-order chi connectivity index (χ0) is 20.8. The van der Waals surface area contributed by atoms with Crippen molar-refractivity contribution in [3.63, 3.8) is 0 Å². The monoisotopic (exact) mass is 405 g/mol. The lowest BCUT2D eigenvalue weighted by Crippen LogP contribution is -2.22. The number of amides is 2. The van der Waals surface area contributed by atoms with Crippen LogP contribution in [0.15, 0.2) is 60.0 Å². The van der Waals surface area contributed by atoms with E-state index in [4.69, 9.17) is 10.5 Å². The van der Waals surface area contributed by atoms with Crippen molar-refractivity contribution in [2.75, 3.05) is 11.9 Å². The molecule has 1 heterocycles. The van der Waals surface area contributed by atoms with E-state index >= 15 is 0 Å². The maximum Gasteiger partial charge on any atom is 0.339 e. The first-order valence-corrected chi connectivity index (χ1v) is 9.32. The van der Waals surface area contributed by atoms with E-state index in [0.717, 1.165) is 11.3 Å². The average Bonchev–Trinajstić information content (AvgIpc) is 3.20. The number of nitriles is 1. The number of nitrogens with zero attached hydrogens (tertiary/aromatic N) is 1. The van der Waals surface area contributed by atoms with E-state index in [2.05, 4.69) is 11.4 Å². The van der Waals surface area contributed by atoms with Crippen molar-refractivity contribution < 1.29 is 19.1 Å². The van der Waals surface area contributed by atoms with Gasteiger partial charge in [-0.15, -0.1) is 11.3 Å². The van der Waals surface area contributed by atoms with E-state index in [9.17, 15) is 19.6 Å². The highest BCUT2D eigenvalue weighted by molar-refractivity contribution is 7.14. The number of primary amides is 1. The predicted molar refractivity (Wildman–Crippen MR) is 108 cm³/mol. The molecule has 0 radical (unpaired) electrons. The molecule has 144 valence electrons. The summed E-state index contributed by atoms with van der Waals surface area (Å²) in [6, 6.07) is 17.2. The third-order valence-electron chi connectivity index (χ3n) is 4.00. The van der Waals surface area contributed by atoms with Crippen LogP contribution in [-0.2, 0) is 9.53 Å². The lowest BCUT2D eigenvalue weighted by Gasteiger charge is -2.11. The van der Waals surface area contributed by atoms with Gasteiger partial charge in [0.25, 0.3) is 11.8 Å². The van der Waals surface area contributed by atoms with Crippen LogP contribution in [0.1, 0.15) is 26.3 Å². The summed E-state index contributed by atoms with van der Waals surface area (Å²) in [5, 5.41) is 13.7. The third kappa shape index (κ3) is 4.48. The molecule has 0 bridgehead atoms. The molecular formula is C21H15N3O4S. The molecule has 0 aliphatic heterocycles. The summed E-state index contributed by atoms with van der Waals surface area (Å²) in [5.74, 6) is -1.97. The molecule has 1 aromatic heterocycles. The molecular weight excluding hydrogens is 390 g/mol. The van der Waals surface area contributed by atoms with Gasteiger partial charge in [0.05, 0.1) is 22.8 Å². The Kier molecular flexibility index (Phi) is 6.02. The number of thiophene rings is 1. The van der Waals surface area contributed by atoms with Crippen LogP contribution in [0, 0.1) is 11.3 Å². The van der Waals surface area contributed by atoms with Gasteiger partial charge in [-0.05, 0) is 29.1 Å². The number of carbonyl (C=O) groups excluding carboxylic acids is 3. The highest BCUT2D eigenvalue weighted by Crippen LogP contribution is 2.27. The summed E-state index contributed by atoms with van der Waals surface area (Å²) in [6.45, 7) is -0.539. The molecule has 0 fully saturated rings. The average molecular weight is 405 g/mol. The fourth-order valence-corrected chi connectivity index (χ4v) is 3.49. The number of anilines is 1. The molecule has 0 aliphatic carbocycles. The van der Waals surface area contributed by atoms with Gasteiger partial charge in [0, 0.05) is 5.56 Å². The van der Waals surface area contributed by atoms with Crippen LogP contribution in [0.5, 0.6) is 0 Å². The van der Waals surface area contributed by atoms with Gasteiger partial charge in [0.1, 0.15) is 5.00 Å². The smallest absolute Gasteiger partial charge is 0.339 e. The normalized spacial score (nSPS) is 10.0. The van der Waals surface area contributed by atoms with Gasteiger partial charge in [-0.3, -0.25) is 9.59 Å². The Morgan fingerprint density at radius 3 is 2.41 bits per heavy atom. The molecule has 0 unspecified atom stereocenters. The Bertz CT molecular complexity index is 1130. The van der Waals surface area contributed by atoms with Crippen LogP contribution in [0.2, 0.25) is 0 Å². The first-order valence-electron chi connectivity index (χ1n) is 8.44. The summed E-state index contributed by atoms with van der Waals surface area (Å²) >= 11 is 1.14. The van der Waals surface area contributed by atoms with Crippen molar-refractivity contribution in [3.05, 3.63) is 76.7 Å². The number of rotatable bonds is 6. The Balaban J connectivity index is 1.74. The largest absolute Gasteiger partial charge is 0.452 e. The third-order valence-corrected chi connectivity index (χ3v) is 4.83. The number of nitrogens with one attached hydrogen (secondary N) is 1. The first-order chi connectivity index (χ1) is 14.0. The van der Waals surface area contributed by atoms with Crippen LogP contribution >= 0.6 is 11.3 Å². The van der Waals surface area contributed by atoms with E-state index in [1.165, 1.54) is 6.07 Å². The number of hydrogen-bond acceptors (Lipinski definition) is 6. The van der Waals surface area contributed by atoms with E-state index in [1.807, 2.05) is 0 Å². The van der Waals surface area contributed by atoms with E-state index < -0.39 is 24.4 Å². The molecule has 0 atom stereocenters. The number of esters is 1. The SMILES string of the molecule is N#Cc1ccccc1-c1ccccc1C(=O)OCC(=O)Nc1sccc1C(N)=O. The van der Waals surface area contributed by atoms with Gasteiger partial charge in [0.15, 0.2) is 6.61 Å². The fraction of sp³-hybridized carbons (Fsp3) is 0.0476. The first kappa shape index (κ1) is 19.8. The zero-order valence-corrected chi connectivity index (χ0v) is 15.9. The van der Waals surface area contributed by atoms with Crippen molar-refractivity contribution in [2.45, 2.75) is 0 Å². The summed E-state index contributed by atoms with van der Waals surface area (Å²) < 4.78 is 5.13. The number of benzene rings is 2. The molecule has 3 rings (SSSR count). The van der Waals surface area contributed by atoms with Crippen LogP contribution in [0.3, 0.4) is 0 Å². The van der Waals surface area contributed by atoms with Gasteiger partial charge in [-0.1, -0.05) is 36.4 Å². The molecule has 3 aromatic rings. The van der Waals surface area contributed by atoms with E-state index in [0.29, 0.717) is 21.7 Å².